The zero-order valence-corrected chi connectivity index (χ0v) is 43.8. The SMILES string of the molecule is CCCCCCCCCCCC(=O)O[C@H](CCCCCCC)CCOC[C@@H](N)CO.CCCCCCCCCCCC(=O)O[C@H](CCCCCCC)CCOC[C@@H]1COC(c2ccccc2)=N1. The number of aliphatic hydroxyl groups is 1. The van der Waals surface area contributed by atoms with Crippen LogP contribution in [0.5, 0.6) is 0 Å². The lowest BCUT2D eigenvalue weighted by Crippen LogP contribution is -2.30. The summed E-state index contributed by atoms with van der Waals surface area (Å²) in [6.45, 7) is 11.4. The molecule has 10 heteroatoms. The first-order chi connectivity index (χ1) is 32.9. The zero-order valence-electron chi connectivity index (χ0n) is 43.8. The molecule has 10 nitrogen and oxygen atoms in total. The van der Waals surface area contributed by atoms with Crippen LogP contribution in [-0.2, 0) is 33.3 Å². The number of nitrogens with two attached hydrogens (primary N) is 1. The van der Waals surface area contributed by atoms with E-state index in [1.54, 1.807) is 0 Å². The van der Waals surface area contributed by atoms with Gasteiger partial charge in [-0.1, -0.05) is 200 Å². The minimum atomic E-state index is -0.341. The molecule has 1 aliphatic rings. The van der Waals surface area contributed by atoms with Crippen molar-refractivity contribution < 1.29 is 38.4 Å². The molecule has 0 aromatic heterocycles. The smallest absolute Gasteiger partial charge is 0.306 e. The fraction of sp³-hybridized carbons (Fsp3) is 0.842. The number of benzene rings is 1. The number of aliphatic imine (C=N–C) groups is 1. The van der Waals surface area contributed by atoms with Crippen LogP contribution in [0.4, 0.5) is 0 Å². The third-order valence-corrected chi connectivity index (χ3v) is 12.6. The Morgan fingerprint density at radius 3 is 1.42 bits per heavy atom. The third kappa shape index (κ3) is 38.9. The number of hydrogen-bond donors (Lipinski definition) is 2. The molecule has 0 unspecified atom stereocenters. The summed E-state index contributed by atoms with van der Waals surface area (Å²) in [7, 11) is 0. The van der Waals surface area contributed by atoms with E-state index in [1.165, 1.54) is 141 Å². The normalized spacial score (nSPS) is 14.7. The number of ether oxygens (including phenoxy) is 5. The van der Waals surface area contributed by atoms with E-state index in [-0.39, 0.29) is 42.8 Å². The zero-order chi connectivity index (χ0) is 48.7. The maximum absolute atomic E-state index is 12.5. The van der Waals surface area contributed by atoms with Gasteiger partial charge in [-0.25, -0.2) is 4.99 Å². The summed E-state index contributed by atoms with van der Waals surface area (Å²) >= 11 is 0. The quantitative estimate of drug-likeness (QED) is 0.0483. The molecule has 0 saturated heterocycles. The Balaban J connectivity index is 0.000000687. The van der Waals surface area contributed by atoms with E-state index in [4.69, 9.17) is 34.5 Å². The van der Waals surface area contributed by atoms with E-state index >= 15 is 0 Å². The maximum Gasteiger partial charge on any atom is 0.306 e. The highest BCUT2D eigenvalue weighted by molar-refractivity contribution is 5.95. The number of aliphatic hydroxyl groups excluding tert-OH is 1. The van der Waals surface area contributed by atoms with Gasteiger partial charge in [-0.05, 0) is 50.7 Å². The molecule has 3 N–H and O–H groups in total. The molecule has 0 spiro atoms. The Labute approximate surface area is 411 Å². The second-order valence-electron chi connectivity index (χ2n) is 19.2. The van der Waals surface area contributed by atoms with Gasteiger partial charge in [-0.2, -0.15) is 0 Å². The van der Waals surface area contributed by atoms with E-state index in [1.807, 2.05) is 30.3 Å². The number of esters is 2. The highest BCUT2D eigenvalue weighted by atomic mass is 16.6. The Morgan fingerprint density at radius 2 is 0.985 bits per heavy atom. The topological polar surface area (TPSA) is 139 Å². The van der Waals surface area contributed by atoms with Gasteiger partial charge >= 0.3 is 11.9 Å². The lowest BCUT2D eigenvalue weighted by molar-refractivity contribution is -0.151. The molecule has 67 heavy (non-hydrogen) atoms. The van der Waals surface area contributed by atoms with E-state index in [0.29, 0.717) is 58.2 Å². The highest BCUT2D eigenvalue weighted by Crippen LogP contribution is 2.18. The van der Waals surface area contributed by atoms with Gasteiger partial charge in [0.25, 0.3) is 0 Å². The predicted molar refractivity (Wildman–Crippen MR) is 279 cm³/mol. The van der Waals surface area contributed by atoms with Gasteiger partial charge in [0.05, 0.1) is 39.1 Å². The van der Waals surface area contributed by atoms with Crippen molar-refractivity contribution in [3.8, 4) is 0 Å². The van der Waals surface area contributed by atoms with Gasteiger partial charge in [-0.3, -0.25) is 9.59 Å². The van der Waals surface area contributed by atoms with Crippen molar-refractivity contribution in [3.63, 3.8) is 0 Å². The minimum absolute atomic E-state index is 0.0249. The second-order valence-corrected chi connectivity index (χ2v) is 19.2. The van der Waals surface area contributed by atoms with Crippen LogP contribution in [0.25, 0.3) is 0 Å². The molecule has 1 aliphatic heterocycles. The summed E-state index contributed by atoms with van der Waals surface area (Å²) in [6.07, 6.45) is 38.9. The first-order valence-electron chi connectivity index (χ1n) is 28.0. The average Bonchev–Trinajstić information content (AvgIpc) is 3.82. The maximum atomic E-state index is 12.5. The predicted octanol–water partition coefficient (Wildman–Crippen LogP) is 14.3. The number of nitrogens with zero attached hydrogens (tertiary/aromatic N) is 1. The van der Waals surface area contributed by atoms with Crippen molar-refractivity contribution in [1.82, 2.24) is 0 Å². The largest absolute Gasteiger partial charge is 0.475 e. The molecule has 390 valence electrons. The molecule has 0 radical (unpaired) electrons. The molecular formula is C57H104N2O8. The monoisotopic (exact) mass is 945 g/mol. The van der Waals surface area contributed by atoms with Gasteiger partial charge in [0, 0.05) is 31.2 Å². The van der Waals surface area contributed by atoms with Crippen LogP contribution in [-0.4, -0.2) is 86.9 Å². The first-order valence-corrected chi connectivity index (χ1v) is 28.0. The molecule has 0 fully saturated rings. The number of carbonyl (C=O) groups is 2. The number of rotatable bonds is 46. The van der Waals surface area contributed by atoms with E-state index in [0.717, 1.165) is 63.4 Å². The summed E-state index contributed by atoms with van der Waals surface area (Å²) in [5.74, 6) is 0.593. The first kappa shape index (κ1) is 62.5. The van der Waals surface area contributed by atoms with Gasteiger partial charge in [0.15, 0.2) is 0 Å². The van der Waals surface area contributed by atoms with Crippen LogP contribution >= 0.6 is 0 Å². The van der Waals surface area contributed by atoms with Gasteiger partial charge in [-0.15, -0.1) is 0 Å². The van der Waals surface area contributed by atoms with Crippen LogP contribution in [0, 0.1) is 0 Å². The van der Waals surface area contributed by atoms with Crippen molar-refractivity contribution in [2.24, 2.45) is 10.7 Å². The van der Waals surface area contributed by atoms with Crippen molar-refractivity contribution >= 4 is 17.8 Å². The Hall–Kier alpha value is -2.53. The number of carbonyl (C=O) groups excluding carboxylic acids is 2. The number of hydrogen-bond acceptors (Lipinski definition) is 10. The molecule has 4 atom stereocenters. The van der Waals surface area contributed by atoms with Crippen molar-refractivity contribution in [3.05, 3.63) is 35.9 Å². The van der Waals surface area contributed by atoms with E-state index in [9.17, 15) is 9.59 Å². The van der Waals surface area contributed by atoms with E-state index in [2.05, 4.69) is 32.7 Å². The Kier molecular flexibility index (Phi) is 44.0. The van der Waals surface area contributed by atoms with E-state index < -0.39 is 0 Å². The van der Waals surface area contributed by atoms with Gasteiger partial charge in [0.2, 0.25) is 5.90 Å². The Bertz CT molecular complexity index is 1270. The molecule has 2 rings (SSSR count). The summed E-state index contributed by atoms with van der Waals surface area (Å²) in [6, 6.07) is 9.67. The molecule has 0 saturated carbocycles. The standard InChI is InChI=1S/C32H53NO4.C25H51NO4/c1-3-5-7-9-10-11-12-14-19-23-31(34)37-30(22-18-13-8-6-4-2)24-25-35-26-29-27-36-32(33-29)28-20-16-15-17-21-28;1-3-5-7-9-10-11-12-14-16-18-25(28)30-24(17-15-13-8-6-4-2)19-20-29-22-23(26)21-27/h15-17,20-21,29-30H,3-14,18-19,22-27H2,1-2H3;23-24,27H,3-22,26H2,1-2H3/t29-,30-;23-,24+/m10/s1. The molecule has 0 amide bonds. The molecular weight excluding hydrogens is 841 g/mol. The highest BCUT2D eigenvalue weighted by Gasteiger charge is 2.21. The van der Waals surface area contributed by atoms with Gasteiger partial charge in [0.1, 0.15) is 24.9 Å². The van der Waals surface area contributed by atoms with Crippen LogP contribution in [0.1, 0.15) is 252 Å². The summed E-state index contributed by atoms with van der Waals surface area (Å²) in [5.41, 5.74) is 6.66. The second kappa shape index (κ2) is 47.2. The van der Waals surface area contributed by atoms with Crippen molar-refractivity contribution in [2.45, 2.75) is 270 Å². The summed E-state index contributed by atoms with van der Waals surface area (Å²) in [4.78, 5) is 29.4. The fourth-order valence-corrected chi connectivity index (χ4v) is 8.30. The summed E-state index contributed by atoms with van der Waals surface area (Å²) in [5, 5.41) is 8.96. The lowest BCUT2D eigenvalue weighted by atomic mass is 10.1. The van der Waals surface area contributed by atoms with Gasteiger partial charge < -0.3 is 34.5 Å². The molecule has 1 aromatic rings. The average molecular weight is 945 g/mol. The molecule has 0 aliphatic carbocycles. The molecule has 1 aromatic carbocycles. The fourth-order valence-electron chi connectivity index (χ4n) is 8.30. The summed E-state index contributed by atoms with van der Waals surface area (Å²) < 4.78 is 28.9. The Morgan fingerprint density at radius 1 is 0.582 bits per heavy atom. The van der Waals surface area contributed by atoms with Crippen LogP contribution in [0.3, 0.4) is 0 Å². The van der Waals surface area contributed by atoms with Crippen molar-refractivity contribution in [1.29, 1.82) is 0 Å². The minimum Gasteiger partial charge on any atom is -0.475 e. The van der Waals surface area contributed by atoms with Crippen LogP contribution < -0.4 is 5.73 Å². The van der Waals surface area contributed by atoms with Crippen LogP contribution in [0.2, 0.25) is 0 Å². The third-order valence-electron chi connectivity index (χ3n) is 12.6. The lowest BCUT2D eigenvalue weighted by Gasteiger charge is -2.19. The van der Waals surface area contributed by atoms with Crippen LogP contribution in [0.15, 0.2) is 35.3 Å². The van der Waals surface area contributed by atoms with Crippen molar-refractivity contribution in [2.75, 3.05) is 39.6 Å². The molecule has 0 bridgehead atoms. The molecule has 1 heterocycles. The number of unbranched alkanes of at least 4 members (excludes halogenated alkanes) is 24.